The van der Waals surface area contributed by atoms with Gasteiger partial charge in [0.2, 0.25) is 0 Å². The molecule has 0 aromatic heterocycles. The second-order valence-corrected chi connectivity index (χ2v) is 4.95. The first-order valence-corrected chi connectivity index (χ1v) is 6.41. The molecule has 2 aromatic carbocycles. The number of carbonyl (C=O) groups excluding carboxylic acids is 1. The second-order valence-electron chi connectivity index (χ2n) is 4.95. The van der Waals surface area contributed by atoms with Gasteiger partial charge in [0.15, 0.2) is 5.78 Å². The summed E-state index contributed by atoms with van der Waals surface area (Å²) < 4.78 is 12.8. The summed E-state index contributed by atoms with van der Waals surface area (Å²) in [7, 11) is 0. The Labute approximate surface area is 113 Å². The van der Waals surface area contributed by atoms with E-state index in [0.29, 0.717) is 12.0 Å². The minimum atomic E-state index is -0.317. The third kappa shape index (κ3) is 3.50. The van der Waals surface area contributed by atoms with Crippen molar-refractivity contribution in [2.45, 2.75) is 26.2 Å². The zero-order valence-corrected chi connectivity index (χ0v) is 11.2. The fourth-order valence-electron chi connectivity index (χ4n) is 2.04. The molecule has 0 spiro atoms. The summed E-state index contributed by atoms with van der Waals surface area (Å²) >= 11 is 0. The number of hydrogen-bond donors (Lipinski definition) is 0. The van der Waals surface area contributed by atoms with E-state index in [4.69, 9.17) is 0 Å². The molecule has 1 nitrogen and oxygen atoms in total. The Bertz CT molecular complexity index is 555. The molecule has 98 valence electrons. The molecule has 0 aliphatic rings. The van der Waals surface area contributed by atoms with E-state index in [0.717, 1.165) is 5.56 Å². The van der Waals surface area contributed by atoms with Crippen molar-refractivity contribution in [3.63, 3.8) is 0 Å². The van der Waals surface area contributed by atoms with Crippen LogP contribution in [0.25, 0.3) is 0 Å². The van der Waals surface area contributed by atoms with Crippen molar-refractivity contribution in [3.05, 3.63) is 71.0 Å². The second kappa shape index (κ2) is 5.79. The van der Waals surface area contributed by atoms with Gasteiger partial charge in [-0.1, -0.05) is 36.8 Å². The van der Waals surface area contributed by atoms with Gasteiger partial charge in [0.05, 0.1) is 0 Å². The molecule has 0 fully saturated rings. The topological polar surface area (TPSA) is 17.1 Å². The monoisotopic (exact) mass is 256 g/mol. The van der Waals surface area contributed by atoms with E-state index in [1.807, 2.05) is 26.0 Å². The van der Waals surface area contributed by atoms with E-state index in [9.17, 15) is 9.18 Å². The molecule has 0 radical (unpaired) electrons. The zero-order chi connectivity index (χ0) is 13.8. The highest BCUT2D eigenvalue weighted by atomic mass is 19.1. The average molecular weight is 256 g/mol. The van der Waals surface area contributed by atoms with Crippen LogP contribution in [0.5, 0.6) is 0 Å². The number of Topliss-reactive ketones (excluding diaryl/α,β-unsaturated/α-hetero) is 1. The summed E-state index contributed by atoms with van der Waals surface area (Å²) in [6, 6.07) is 13.9. The average Bonchev–Trinajstić information content (AvgIpc) is 2.40. The van der Waals surface area contributed by atoms with Crippen molar-refractivity contribution in [2.75, 3.05) is 0 Å². The minimum absolute atomic E-state index is 0.0491. The number of carbonyl (C=O) groups is 1. The molecule has 0 N–H and O–H groups in total. The molecule has 0 aliphatic heterocycles. The Kier molecular flexibility index (Phi) is 4.10. The van der Waals surface area contributed by atoms with Gasteiger partial charge in [-0.25, -0.2) is 4.39 Å². The predicted molar refractivity (Wildman–Crippen MR) is 74.9 cm³/mol. The van der Waals surface area contributed by atoms with Gasteiger partial charge in [0.25, 0.3) is 0 Å². The quantitative estimate of drug-likeness (QED) is 0.735. The molecule has 0 saturated carbocycles. The number of ketones is 1. The molecule has 2 heteroatoms. The van der Waals surface area contributed by atoms with Crippen LogP contribution in [0.1, 0.15) is 40.7 Å². The van der Waals surface area contributed by atoms with E-state index >= 15 is 0 Å². The number of aryl methyl sites for hydroxylation is 1. The van der Waals surface area contributed by atoms with E-state index in [2.05, 4.69) is 12.1 Å². The van der Waals surface area contributed by atoms with Crippen molar-refractivity contribution >= 4 is 5.78 Å². The summed E-state index contributed by atoms with van der Waals surface area (Å²) in [6.45, 7) is 4.07. The Morgan fingerprint density at radius 1 is 1.05 bits per heavy atom. The lowest BCUT2D eigenvalue weighted by Crippen LogP contribution is -2.05. The molecule has 19 heavy (non-hydrogen) atoms. The molecule has 0 saturated heterocycles. The van der Waals surface area contributed by atoms with Crippen molar-refractivity contribution in [2.24, 2.45) is 0 Å². The highest BCUT2D eigenvalue weighted by molar-refractivity contribution is 5.96. The fraction of sp³-hybridized carbons (Fsp3) is 0.235. The maximum absolute atomic E-state index is 12.8. The van der Waals surface area contributed by atoms with Crippen LogP contribution in [0.3, 0.4) is 0 Å². The predicted octanol–water partition coefficient (Wildman–Crippen LogP) is 4.51. The maximum Gasteiger partial charge on any atom is 0.163 e. The third-order valence-electron chi connectivity index (χ3n) is 3.30. The van der Waals surface area contributed by atoms with Crippen molar-refractivity contribution in [1.82, 2.24) is 0 Å². The van der Waals surface area contributed by atoms with Crippen LogP contribution in [0.2, 0.25) is 0 Å². The van der Waals surface area contributed by atoms with E-state index in [1.165, 1.54) is 17.7 Å². The van der Waals surface area contributed by atoms with Crippen LogP contribution in [-0.2, 0) is 0 Å². The molecule has 2 rings (SSSR count). The van der Waals surface area contributed by atoms with Crippen LogP contribution >= 0.6 is 0 Å². The Hall–Kier alpha value is -1.96. The van der Waals surface area contributed by atoms with Gasteiger partial charge in [0, 0.05) is 12.0 Å². The normalized spacial score (nSPS) is 12.2. The highest BCUT2D eigenvalue weighted by Gasteiger charge is 2.13. The van der Waals surface area contributed by atoms with Crippen molar-refractivity contribution in [3.8, 4) is 0 Å². The smallest absolute Gasteiger partial charge is 0.163 e. The molecule has 0 aliphatic carbocycles. The molecule has 0 bridgehead atoms. The van der Waals surface area contributed by atoms with Crippen LogP contribution in [-0.4, -0.2) is 5.78 Å². The molecular formula is C17H17FO. The lowest BCUT2D eigenvalue weighted by molar-refractivity contribution is 0.0975. The Morgan fingerprint density at radius 2 is 1.63 bits per heavy atom. The zero-order valence-electron chi connectivity index (χ0n) is 11.2. The largest absolute Gasteiger partial charge is 0.294 e. The molecule has 1 atom stereocenters. The van der Waals surface area contributed by atoms with Gasteiger partial charge in [-0.2, -0.15) is 0 Å². The first-order chi connectivity index (χ1) is 9.06. The van der Waals surface area contributed by atoms with Crippen LogP contribution in [0, 0.1) is 12.7 Å². The summed E-state index contributed by atoms with van der Waals surface area (Å²) in [5, 5.41) is 0. The minimum Gasteiger partial charge on any atom is -0.294 e. The van der Waals surface area contributed by atoms with Crippen LogP contribution in [0.4, 0.5) is 4.39 Å². The molecule has 1 unspecified atom stereocenters. The third-order valence-corrected chi connectivity index (χ3v) is 3.30. The first-order valence-electron chi connectivity index (χ1n) is 6.41. The summed E-state index contributed by atoms with van der Waals surface area (Å²) in [5.41, 5.74) is 2.93. The number of benzene rings is 2. The highest BCUT2D eigenvalue weighted by Crippen LogP contribution is 2.21. The molecule has 2 aromatic rings. The molecular weight excluding hydrogens is 239 g/mol. The lowest BCUT2D eigenvalue weighted by atomic mass is 9.93. The van der Waals surface area contributed by atoms with Gasteiger partial charge < -0.3 is 0 Å². The van der Waals surface area contributed by atoms with Gasteiger partial charge in [-0.05, 0) is 42.7 Å². The van der Waals surface area contributed by atoms with Gasteiger partial charge in [0.1, 0.15) is 5.82 Å². The van der Waals surface area contributed by atoms with Crippen molar-refractivity contribution in [1.29, 1.82) is 0 Å². The SMILES string of the molecule is Cc1ccc(C(C)CC(=O)c2ccc(F)cc2)cc1. The fourth-order valence-corrected chi connectivity index (χ4v) is 2.04. The van der Waals surface area contributed by atoms with E-state index < -0.39 is 0 Å². The number of hydrogen-bond acceptors (Lipinski definition) is 1. The van der Waals surface area contributed by atoms with Crippen LogP contribution in [0.15, 0.2) is 48.5 Å². The van der Waals surface area contributed by atoms with E-state index in [1.54, 1.807) is 12.1 Å². The van der Waals surface area contributed by atoms with E-state index in [-0.39, 0.29) is 17.5 Å². The lowest BCUT2D eigenvalue weighted by Gasteiger charge is -2.11. The van der Waals surface area contributed by atoms with Gasteiger partial charge in [-0.15, -0.1) is 0 Å². The summed E-state index contributed by atoms with van der Waals surface area (Å²) in [6.07, 6.45) is 0.439. The van der Waals surface area contributed by atoms with Gasteiger partial charge >= 0.3 is 0 Å². The number of rotatable bonds is 4. The molecule has 0 amide bonds. The summed E-state index contributed by atoms with van der Waals surface area (Å²) in [4.78, 5) is 12.1. The number of halogens is 1. The standard InChI is InChI=1S/C17H17FO/c1-12-3-5-14(6-4-12)13(2)11-17(19)15-7-9-16(18)10-8-15/h3-10,13H,11H2,1-2H3. The Balaban J connectivity index is 2.06. The Morgan fingerprint density at radius 3 is 2.21 bits per heavy atom. The first kappa shape index (κ1) is 13.5. The maximum atomic E-state index is 12.8. The van der Waals surface area contributed by atoms with Gasteiger partial charge in [-0.3, -0.25) is 4.79 Å². The van der Waals surface area contributed by atoms with Crippen molar-refractivity contribution < 1.29 is 9.18 Å². The summed E-state index contributed by atoms with van der Waals surface area (Å²) in [5.74, 6) is -0.102. The van der Waals surface area contributed by atoms with Crippen LogP contribution < -0.4 is 0 Å². The molecule has 0 heterocycles.